The highest BCUT2D eigenvalue weighted by Gasteiger charge is 2.30. The van der Waals surface area contributed by atoms with Crippen molar-refractivity contribution < 1.29 is 13.2 Å². The number of pyridine rings is 1. The Balaban J connectivity index is 1.46. The van der Waals surface area contributed by atoms with Crippen molar-refractivity contribution >= 4 is 38.5 Å². The second kappa shape index (κ2) is 7.12. The van der Waals surface area contributed by atoms with E-state index in [-0.39, 0.29) is 17.6 Å². The molecule has 1 amide bonds. The minimum absolute atomic E-state index is 0.0106. The summed E-state index contributed by atoms with van der Waals surface area (Å²) in [5.41, 5.74) is 4.12. The van der Waals surface area contributed by atoms with Crippen LogP contribution < -0.4 is 10.0 Å². The number of hydrogen-bond donors (Lipinski definition) is 3. The first-order valence-corrected chi connectivity index (χ1v) is 11.9. The minimum atomic E-state index is -3.33. The van der Waals surface area contributed by atoms with E-state index in [1.807, 2.05) is 37.4 Å². The molecule has 2 aliphatic rings. The zero-order valence-electron chi connectivity index (χ0n) is 16.7. The van der Waals surface area contributed by atoms with Crippen molar-refractivity contribution in [3.8, 4) is 11.1 Å². The maximum atomic E-state index is 12.3. The van der Waals surface area contributed by atoms with Gasteiger partial charge < -0.3 is 10.3 Å². The molecule has 2 aromatic heterocycles. The molecule has 0 unspecified atom stereocenters. The van der Waals surface area contributed by atoms with Crippen molar-refractivity contribution in [2.75, 3.05) is 15.8 Å². The van der Waals surface area contributed by atoms with E-state index in [4.69, 9.17) is 0 Å². The number of nitrogens with zero attached hydrogens (tertiary/aromatic N) is 1. The van der Waals surface area contributed by atoms with Crippen molar-refractivity contribution in [1.82, 2.24) is 9.97 Å². The predicted molar refractivity (Wildman–Crippen MR) is 118 cm³/mol. The number of nitrogens with one attached hydrogen (secondary N) is 3. The number of aromatic nitrogens is 2. The van der Waals surface area contributed by atoms with E-state index >= 15 is 0 Å². The second-order valence-corrected chi connectivity index (χ2v) is 10.2. The Kier molecular flexibility index (Phi) is 4.54. The fraction of sp³-hybridized carbons (Fsp3) is 0.364. The van der Waals surface area contributed by atoms with Crippen molar-refractivity contribution in [2.24, 2.45) is 11.8 Å². The van der Waals surface area contributed by atoms with Crippen LogP contribution in [-0.4, -0.2) is 30.0 Å². The molecule has 156 valence electrons. The largest absolute Gasteiger partial charge is 0.346 e. The normalized spacial score (nSPS) is 16.6. The van der Waals surface area contributed by atoms with Gasteiger partial charge in [0, 0.05) is 23.2 Å². The van der Waals surface area contributed by atoms with Crippen LogP contribution in [-0.2, 0) is 14.8 Å². The quantitative estimate of drug-likeness (QED) is 0.532. The first-order chi connectivity index (χ1) is 14.4. The van der Waals surface area contributed by atoms with Crippen molar-refractivity contribution in [2.45, 2.75) is 32.6 Å². The fourth-order valence-corrected chi connectivity index (χ4v) is 5.27. The van der Waals surface area contributed by atoms with Gasteiger partial charge in [0.05, 0.1) is 5.75 Å². The standard InChI is InChI=1S/C22H24N4O3S/c1-13-10-16(26-30(28,29)12-14-2-3-14)6-7-17(13)19-11-20(25-22(27)15-4-5-15)24-21-18(19)8-9-23-21/h6-11,14-15,26H,2-5,12H2,1H3,(H2,23,24,25,27). The molecule has 1 aromatic carbocycles. The molecule has 3 aromatic rings. The summed E-state index contributed by atoms with van der Waals surface area (Å²) in [6, 6.07) is 9.39. The Morgan fingerprint density at radius 1 is 1.13 bits per heavy atom. The van der Waals surface area contributed by atoms with E-state index in [0.717, 1.165) is 47.8 Å². The number of aromatic amines is 1. The van der Waals surface area contributed by atoms with E-state index in [1.54, 1.807) is 6.07 Å². The summed E-state index contributed by atoms with van der Waals surface area (Å²) < 4.78 is 27.3. The maximum absolute atomic E-state index is 12.3. The van der Waals surface area contributed by atoms with E-state index in [9.17, 15) is 13.2 Å². The Morgan fingerprint density at radius 2 is 1.93 bits per heavy atom. The van der Waals surface area contributed by atoms with Gasteiger partial charge in [0.25, 0.3) is 0 Å². The van der Waals surface area contributed by atoms with Crippen LogP contribution in [0.3, 0.4) is 0 Å². The van der Waals surface area contributed by atoms with Gasteiger partial charge >= 0.3 is 0 Å². The topological polar surface area (TPSA) is 104 Å². The van der Waals surface area contributed by atoms with Crippen LogP contribution in [0.25, 0.3) is 22.2 Å². The first kappa shape index (κ1) is 19.1. The molecule has 30 heavy (non-hydrogen) atoms. The zero-order valence-corrected chi connectivity index (χ0v) is 17.6. The lowest BCUT2D eigenvalue weighted by molar-refractivity contribution is -0.117. The molecule has 5 rings (SSSR count). The summed E-state index contributed by atoms with van der Waals surface area (Å²) in [4.78, 5) is 19.8. The van der Waals surface area contributed by atoms with Gasteiger partial charge in [-0.15, -0.1) is 0 Å². The van der Waals surface area contributed by atoms with Gasteiger partial charge in [-0.1, -0.05) is 6.07 Å². The number of hydrogen-bond acceptors (Lipinski definition) is 4. The number of carbonyl (C=O) groups excluding carboxylic acids is 1. The van der Waals surface area contributed by atoms with Gasteiger partial charge in [0.1, 0.15) is 11.5 Å². The number of carbonyl (C=O) groups is 1. The van der Waals surface area contributed by atoms with E-state index in [1.165, 1.54) is 0 Å². The summed E-state index contributed by atoms with van der Waals surface area (Å²) in [5, 5.41) is 3.87. The molecular weight excluding hydrogens is 400 g/mol. The van der Waals surface area contributed by atoms with E-state index < -0.39 is 10.0 Å². The summed E-state index contributed by atoms with van der Waals surface area (Å²) in [5.74, 6) is 1.11. The average Bonchev–Trinajstić information content (AvgIpc) is 3.60. The lowest BCUT2D eigenvalue weighted by atomic mass is 9.98. The Bertz CT molecular complexity index is 1240. The number of fused-ring (bicyclic) bond motifs is 1. The van der Waals surface area contributed by atoms with Gasteiger partial charge in [0.15, 0.2) is 0 Å². The molecule has 0 spiro atoms. The number of amides is 1. The number of anilines is 2. The van der Waals surface area contributed by atoms with Gasteiger partial charge in [-0.3, -0.25) is 9.52 Å². The highest BCUT2D eigenvalue weighted by molar-refractivity contribution is 7.92. The lowest BCUT2D eigenvalue weighted by Gasteiger charge is -2.13. The highest BCUT2D eigenvalue weighted by Crippen LogP contribution is 2.35. The molecule has 0 aliphatic heterocycles. The highest BCUT2D eigenvalue weighted by atomic mass is 32.2. The van der Waals surface area contributed by atoms with Crippen molar-refractivity contribution in [3.63, 3.8) is 0 Å². The molecule has 0 radical (unpaired) electrons. The third kappa shape index (κ3) is 4.05. The SMILES string of the molecule is Cc1cc(NS(=O)(=O)CC2CC2)ccc1-c1cc(NC(=O)C2CC2)nc2[nH]ccc12. The van der Waals surface area contributed by atoms with Gasteiger partial charge in [-0.25, -0.2) is 13.4 Å². The Hall–Kier alpha value is -2.87. The molecule has 3 N–H and O–H groups in total. The number of aryl methyl sites for hydroxylation is 1. The van der Waals surface area contributed by atoms with Crippen LogP contribution in [0.5, 0.6) is 0 Å². The summed E-state index contributed by atoms with van der Waals surface area (Å²) in [6.07, 6.45) is 5.67. The smallest absolute Gasteiger partial charge is 0.232 e. The van der Waals surface area contributed by atoms with Crippen LogP contribution in [0.2, 0.25) is 0 Å². The summed E-state index contributed by atoms with van der Waals surface area (Å²) in [7, 11) is -3.33. The van der Waals surface area contributed by atoms with Crippen LogP contribution in [0.15, 0.2) is 36.5 Å². The number of rotatable bonds is 7. The molecule has 8 heteroatoms. The number of benzene rings is 1. The lowest BCUT2D eigenvalue weighted by Crippen LogP contribution is -2.17. The van der Waals surface area contributed by atoms with E-state index in [0.29, 0.717) is 23.1 Å². The van der Waals surface area contributed by atoms with Crippen LogP contribution >= 0.6 is 0 Å². The van der Waals surface area contributed by atoms with Gasteiger partial charge in [0.2, 0.25) is 15.9 Å². The molecule has 2 fully saturated rings. The van der Waals surface area contributed by atoms with Crippen molar-refractivity contribution in [1.29, 1.82) is 0 Å². The molecule has 2 heterocycles. The third-order valence-corrected chi connectivity index (χ3v) is 7.13. The molecule has 0 bridgehead atoms. The predicted octanol–water partition coefficient (Wildman–Crippen LogP) is 4.04. The van der Waals surface area contributed by atoms with Gasteiger partial charge in [-0.2, -0.15) is 0 Å². The molecule has 0 atom stereocenters. The summed E-state index contributed by atoms with van der Waals surface area (Å²) >= 11 is 0. The molecule has 0 saturated heterocycles. The third-order valence-electron chi connectivity index (χ3n) is 5.67. The monoisotopic (exact) mass is 424 g/mol. The Labute approximate surface area is 175 Å². The zero-order chi connectivity index (χ0) is 20.9. The molecule has 2 saturated carbocycles. The second-order valence-electron chi connectivity index (χ2n) is 8.42. The van der Waals surface area contributed by atoms with Crippen LogP contribution in [0.4, 0.5) is 11.5 Å². The summed E-state index contributed by atoms with van der Waals surface area (Å²) in [6.45, 7) is 1.95. The molecule has 2 aliphatic carbocycles. The van der Waals surface area contributed by atoms with Crippen LogP contribution in [0, 0.1) is 18.8 Å². The number of H-pyrrole nitrogens is 1. The molecular formula is C22H24N4O3S. The maximum Gasteiger partial charge on any atom is 0.232 e. The average molecular weight is 425 g/mol. The fourth-order valence-electron chi connectivity index (χ4n) is 3.74. The Morgan fingerprint density at radius 3 is 2.63 bits per heavy atom. The van der Waals surface area contributed by atoms with Gasteiger partial charge in [-0.05, 0) is 79.5 Å². The molecule has 7 nitrogen and oxygen atoms in total. The van der Waals surface area contributed by atoms with Crippen molar-refractivity contribution in [3.05, 3.63) is 42.1 Å². The first-order valence-electron chi connectivity index (χ1n) is 10.3. The van der Waals surface area contributed by atoms with E-state index in [2.05, 4.69) is 20.0 Å². The van der Waals surface area contributed by atoms with Crippen LogP contribution in [0.1, 0.15) is 31.2 Å². The number of sulfonamides is 1. The minimum Gasteiger partial charge on any atom is -0.346 e.